The lowest BCUT2D eigenvalue weighted by Gasteiger charge is -2.28. The van der Waals surface area contributed by atoms with E-state index < -0.39 is 16.8 Å². The van der Waals surface area contributed by atoms with Gasteiger partial charge < -0.3 is 14.5 Å². The molecule has 10 heteroatoms. The van der Waals surface area contributed by atoms with Crippen LogP contribution in [0.25, 0.3) is 0 Å². The lowest BCUT2D eigenvalue weighted by atomic mass is 9.95. The predicted octanol–water partition coefficient (Wildman–Crippen LogP) is 6.46. The lowest BCUT2D eigenvalue weighted by molar-refractivity contribution is -0.385. The van der Waals surface area contributed by atoms with Crippen molar-refractivity contribution in [2.45, 2.75) is 19.5 Å². The Morgan fingerprint density at radius 1 is 1.21 bits per heavy atom. The van der Waals surface area contributed by atoms with Crippen LogP contribution in [-0.2, 0) is 11.4 Å². The molecule has 1 aliphatic rings. The van der Waals surface area contributed by atoms with E-state index in [2.05, 4.69) is 21.1 Å². The van der Waals surface area contributed by atoms with Crippen LogP contribution in [0.5, 0.6) is 5.75 Å². The largest absolute Gasteiger partial charge is 0.497 e. The highest BCUT2D eigenvalue weighted by atomic mass is 79.9. The Morgan fingerprint density at radius 2 is 1.94 bits per heavy atom. The van der Waals surface area contributed by atoms with Crippen LogP contribution in [0, 0.1) is 15.9 Å². The summed E-state index contributed by atoms with van der Waals surface area (Å²) in [6.07, 6.45) is 0. The third kappa shape index (κ3) is 4.58. The Bertz CT molecular complexity index is 1270. The Balaban J connectivity index is 1.97. The molecule has 3 aromatic carbocycles. The summed E-state index contributed by atoms with van der Waals surface area (Å²) < 4.78 is 20.1. The molecular weight excluding hydrogens is 529 g/mol. The minimum Gasteiger partial charge on any atom is -0.497 e. The van der Waals surface area contributed by atoms with E-state index in [4.69, 9.17) is 21.2 Å². The number of rotatable bonds is 7. The average Bonchev–Trinajstić information content (AvgIpc) is 3.11. The van der Waals surface area contributed by atoms with Crippen LogP contribution in [-0.4, -0.2) is 29.4 Å². The number of hydrogen-bond acceptors (Lipinski definition) is 5. The highest BCUT2D eigenvalue weighted by molar-refractivity contribution is 9.10. The van der Waals surface area contributed by atoms with Crippen LogP contribution in [0.15, 0.2) is 64.2 Å². The summed E-state index contributed by atoms with van der Waals surface area (Å²) in [6, 6.07) is 13.8. The van der Waals surface area contributed by atoms with Gasteiger partial charge >= 0.3 is 0 Å². The Labute approximate surface area is 209 Å². The summed E-state index contributed by atoms with van der Waals surface area (Å²) in [7, 11) is 1.58. The SMILES string of the molecule is CCON=C1c2cc(Br)cc([N+](=O)[O-])c2C(c2cc(F)ccc2Cl)N1Cc1ccc(OC)cc1. The molecule has 1 unspecified atom stereocenters. The van der Waals surface area contributed by atoms with E-state index in [9.17, 15) is 14.5 Å². The van der Waals surface area contributed by atoms with Gasteiger partial charge in [0.25, 0.3) is 5.69 Å². The van der Waals surface area contributed by atoms with Gasteiger partial charge in [0.15, 0.2) is 5.84 Å². The fourth-order valence-corrected chi connectivity index (χ4v) is 4.70. The molecule has 0 N–H and O–H groups in total. The van der Waals surface area contributed by atoms with Crippen LogP contribution in [0.4, 0.5) is 10.1 Å². The van der Waals surface area contributed by atoms with E-state index in [1.807, 2.05) is 29.2 Å². The average molecular weight is 549 g/mol. The fraction of sp³-hybridized carbons (Fsp3) is 0.208. The molecule has 176 valence electrons. The number of benzene rings is 3. The van der Waals surface area contributed by atoms with Gasteiger partial charge in [0, 0.05) is 33.2 Å². The topological polar surface area (TPSA) is 77.2 Å². The summed E-state index contributed by atoms with van der Waals surface area (Å²) in [5.74, 6) is 0.587. The molecule has 0 saturated carbocycles. The molecule has 0 saturated heterocycles. The van der Waals surface area contributed by atoms with Crippen molar-refractivity contribution in [2.75, 3.05) is 13.7 Å². The highest BCUT2D eigenvalue weighted by Crippen LogP contribution is 2.47. The van der Waals surface area contributed by atoms with Crippen molar-refractivity contribution in [1.29, 1.82) is 0 Å². The van der Waals surface area contributed by atoms with E-state index in [0.717, 1.165) is 5.56 Å². The Hall–Kier alpha value is -3.17. The molecule has 0 radical (unpaired) electrons. The van der Waals surface area contributed by atoms with E-state index in [0.29, 0.717) is 45.9 Å². The summed E-state index contributed by atoms with van der Waals surface area (Å²) in [6.45, 7) is 2.39. The quantitative estimate of drug-likeness (QED) is 0.250. The second kappa shape index (κ2) is 9.99. The first-order valence-electron chi connectivity index (χ1n) is 10.4. The molecule has 0 bridgehead atoms. The number of halogens is 3. The molecule has 0 spiro atoms. The fourth-order valence-electron chi connectivity index (χ4n) is 4.03. The van der Waals surface area contributed by atoms with Crippen molar-refractivity contribution in [3.63, 3.8) is 0 Å². The first-order valence-corrected chi connectivity index (χ1v) is 11.5. The third-order valence-electron chi connectivity index (χ3n) is 5.46. The Kier molecular flexibility index (Phi) is 7.04. The maximum atomic E-state index is 14.3. The molecule has 1 atom stereocenters. The van der Waals surface area contributed by atoms with Crippen molar-refractivity contribution < 1.29 is 18.9 Å². The number of nitro benzene ring substituents is 1. The van der Waals surface area contributed by atoms with E-state index in [1.54, 1.807) is 20.1 Å². The van der Waals surface area contributed by atoms with Crippen LogP contribution >= 0.6 is 27.5 Å². The summed E-state index contributed by atoms with van der Waals surface area (Å²) in [5.41, 5.74) is 2.03. The summed E-state index contributed by atoms with van der Waals surface area (Å²) in [5, 5.41) is 16.7. The number of hydrogen-bond donors (Lipinski definition) is 0. The standard InChI is InChI=1S/C24H20BrClFN3O4/c1-3-34-28-24-19-10-15(25)11-21(30(31)32)22(19)23(18-12-16(27)6-9-20(18)26)29(24)13-14-4-7-17(33-2)8-5-14/h4-12,23H,3,13H2,1-2H3. The zero-order valence-electron chi connectivity index (χ0n) is 18.3. The molecule has 0 fully saturated rings. The van der Waals surface area contributed by atoms with Gasteiger partial charge in [-0.2, -0.15) is 0 Å². The first-order chi connectivity index (χ1) is 16.3. The van der Waals surface area contributed by atoms with E-state index in [1.165, 1.54) is 24.3 Å². The zero-order chi connectivity index (χ0) is 24.4. The van der Waals surface area contributed by atoms with Gasteiger partial charge in [0.05, 0.1) is 23.6 Å². The van der Waals surface area contributed by atoms with Crippen molar-refractivity contribution >= 4 is 39.1 Å². The highest BCUT2D eigenvalue weighted by Gasteiger charge is 2.43. The maximum Gasteiger partial charge on any atom is 0.276 e. The number of methoxy groups -OCH3 is 1. The molecule has 4 rings (SSSR count). The smallest absolute Gasteiger partial charge is 0.276 e. The number of oxime groups is 1. The number of fused-ring (bicyclic) bond motifs is 1. The van der Waals surface area contributed by atoms with Crippen molar-refractivity contribution in [3.8, 4) is 5.75 Å². The molecule has 1 heterocycles. The zero-order valence-corrected chi connectivity index (χ0v) is 20.6. The molecule has 1 aliphatic heterocycles. The molecule has 0 amide bonds. The van der Waals surface area contributed by atoms with Gasteiger partial charge in [0.1, 0.15) is 18.2 Å². The molecule has 3 aromatic rings. The molecule has 7 nitrogen and oxygen atoms in total. The summed E-state index contributed by atoms with van der Waals surface area (Å²) in [4.78, 5) is 18.8. The Morgan fingerprint density at radius 3 is 2.59 bits per heavy atom. The van der Waals surface area contributed by atoms with E-state index >= 15 is 0 Å². The molecule has 0 aliphatic carbocycles. The minimum atomic E-state index is -0.770. The van der Waals surface area contributed by atoms with Gasteiger partial charge in [-0.05, 0) is 48.9 Å². The van der Waals surface area contributed by atoms with Gasteiger partial charge in [-0.3, -0.25) is 10.1 Å². The number of ether oxygens (including phenoxy) is 1. The van der Waals surface area contributed by atoms with E-state index in [-0.39, 0.29) is 10.7 Å². The number of nitrogens with zero attached hydrogens (tertiary/aromatic N) is 3. The third-order valence-corrected chi connectivity index (χ3v) is 6.26. The second-order valence-corrected chi connectivity index (χ2v) is 8.84. The van der Waals surface area contributed by atoms with Crippen molar-refractivity contribution in [1.82, 2.24) is 4.90 Å². The predicted molar refractivity (Wildman–Crippen MR) is 131 cm³/mol. The monoisotopic (exact) mass is 547 g/mol. The van der Waals surface area contributed by atoms with Crippen LogP contribution in [0.1, 0.15) is 35.2 Å². The molecular formula is C24H20BrClFN3O4. The van der Waals surface area contributed by atoms with Crippen molar-refractivity contribution in [2.24, 2.45) is 5.16 Å². The summed E-state index contributed by atoms with van der Waals surface area (Å²) >= 11 is 9.87. The van der Waals surface area contributed by atoms with Crippen LogP contribution < -0.4 is 4.74 Å². The maximum absolute atomic E-state index is 14.3. The number of nitro groups is 1. The minimum absolute atomic E-state index is 0.129. The van der Waals surface area contributed by atoms with Gasteiger partial charge in [0.2, 0.25) is 0 Å². The second-order valence-electron chi connectivity index (χ2n) is 7.52. The molecule has 34 heavy (non-hydrogen) atoms. The van der Waals surface area contributed by atoms with Crippen LogP contribution in [0.2, 0.25) is 5.02 Å². The van der Waals surface area contributed by atoms with Gasteiger partial charge in [-0.25, -0.2) is 4.39 Å². The van der Waals surface area contributed by atoms with Gasteiger partial charge in [-0.1, -0.05) is 44.8 Å². The van der Waals surface area contributed by atoms with Crippen LogP contribution in [0.3, 0.4) is 0 Å². The van der Waals surface area contributed by atoms with Gasteiger partial charge in [-0.15, -0.1) is 0 Å². The number of amidine groups is 1. The first kappa shape index (κ1) is 24.0. The normalized spacial score (nSPS) is 16.0. The molecule has 0 aromatic heterocycles. The lowest BCUT2D eigenvalue weighted by Crippen LogP contribution is -2.29. The van der Waals surface area contributed by atoms with Crippen molar-refractivity contribution in [3.05, 3.63) is 102 Å².